The fourth-order valence-corrected chi connectivity index (χ4v) is 3.19. The third-order valence-corrected chi connectivity index (χ3v) is 4.31. The van der Waals surface area contributed by atoms with Crippen LogP contribution in [0.1, 0.15) is 49.1 Å². The van der Waals surface area contributed by atoms with Crippen molar-refractivity contribution in [2.45, 2.75) is 51.5 Å². The van der Waals surface area contributed by atoms with Crippen LogP contribution in [-0.4, -0.2) is 20.2 Å². The molecule has 1 aromatic carbocycles. The van der Waals surface area contributed by atoms with E-state index in [9.17, 15) is 0 Å². The molecule has 0 amide bonds. The molecular weight excluding hydrogens is 250 g/mol. The summed E-state index contributed by atoms with van der Waals surface area (Å²) >= 11 is 0. The van der Waals surface area contributed by atoms with Gasteiger partial charge >= 0.3 is 0 Å². The van der Waals surface area contributed by atoms with E-state index in [-0.39, 0.29) is 0 Å². The Kier molecular flexibility index (Phi) is 3.30. The second kappa shape index (κ2) is 4.98. The average Bonchev–Trinajstić information content (AvgIpc) is 2.89. The van der Waals surface area contributed by atoms with Gasteiger partial charge in [-0.25, -0.2) is 0 Å². The minimum atomic E-state index is -0.392. The van der Waals surface area contributed by atoms with Gasteiger partial charge in [-0.15, -0.1) is 5.10 Å². The second-order valence-corrected chi connectivity index (χ2v) is 5.87. The van der Waals surface area contributed by atoms with Crippen molar-refractivity contribution in [2.75, 3.05) is 0 Å². The first kappa shape index (κ1) is 13.2. The number of tetrazole rings is 1. The monoisotopic (exact) mass is 271 g/mol. The van der Waals surface area contributed by atoms with E-state index in [1.807, 2.05) is 4.68 Å². The van der Waals surface area contributed by atoms with E-state index in [1.165, 1.54) is 6.42 Å². The summed E-state index contributed by atoms with van der Waals surface area (Å²) in [4.78, 5) is 0. The lowest BCUT2D eigenvalue weighted by Gasteiger charge is -2.32. The van der Waals surface area contributed by atoms with E-state index in [0.29, 0.717) is 0 Å². The quantitative estimate of drug-likeness (QED) is 0.910. The van der Waals surface area contributed by atoms with Gasteiger partial charge in [0, 0.05) is 0 Å². The summed E-state index contributed by atoms with van der Waals surface area (Å²) in [7, 11) is 0. The Labute approximate surface area is 119 Å². The predicted molar refractivity (Wildman–Crippen MR) is 77.6 cm³/mol. The van der Waals surface area contributed by atoms with Crippen molar-refractivity contribution in [3.63, 3.8) is 0 Å². The lowest BCUT2D eigenvalue weighted by atomic mass is 9.82. The molecule has 0 saturated heterocycles. The highest BCUT2D eigenvalue weighted by atomic mass is 15.6. The number of nitrogens with two attached hydrogens (primary N) is 1. The Balaban J connectivity index is 2.11. The number of benzene rings is 1. The Morgan fingerprint density at radius 3 is 2.40 bits per heavy atom. The summed E-state index contributed by atoms with van der Waals surface area (Å²) in [6, 6.07) is 6.22. The molecule has 5 heteroatoms. The maximum absolute atomic E-state index is 6.60. The molecule has 1 heterocycles. The van der Waals surface area contributed by atoms with E-state index in [0.717, 1.165) is 48.3 Å². The molecule has 20 heavy (non-hydrogen) atoms. The smallest absolute Gasteiger partial charge is 0.176 e. The van der Waals surface area contributed by atoms with Gasteiger partial charge in [-0.1, -0.05) is 37.5 Å². The average molecular weight is 271 g/mol. The summed E-state index contributed by atoms with van der Waals surface area (Å²) < 4.78 is 1.84. The first-order chi connectivity index (χ1) is 9.62. The Hall–Kier alpha value is -1.75. The molecule has 0 spiro atoms. The van der Waals surface area contributed by atoms with Crippen molar-refractivity contribution in [1.82, 2.24) is 20.2 Å². The molecule has 0 radical (unpaired) electrons. The summed E-state index contributed by atoms with van der Waals surface area (Å²) in [5.74, 6) is 0.801. The highest BCUT2D eigenvalue weighted by molar-refractivity contribution is 5.47. The standard InChI is InChI=1S/C15H21N5/c1-11-7-6-8-12(2)13(11)20-14(17-18-19-20)15(16)9-4-3-5-10-15/h6-8H,3-5,9-10,16H2,1-2H3. The molecule has 2 N–H and O–H groups in total. The highest BCUT2D eigenvalue weighted by Crippen LogP contribution is 2.34. The van der Waals surface area contributed by atoms with Gasteiger partial charge in [0.2, 0.25) is 0 Å². The zero-order chi connectivity index (χ0) is 14.2. The molecule has 0 unspecified atom stereocenters. The normalized spacial score (nSPS) is 18.1. The van der Waals surface area contributed by atoms with Gasteiger partial charge < -0.3 is 5.73 Å². The van der Waals surface area contributed by atoms with E-state index >= 15 is 0 Å². The maximum atomic E-state index is 6.60. The summed E-state index contributed by atoms with van der Waals surface area (Å²) in [6.45, 7) is 4.16. The van der Waals surface area contributed by atoms with Gasteiger partial charge in [0.25, 0.3) is 0 Å². The number of aryl methyl sites for hydroxylation is 2. The van der Waals surface area contributed by atoms with Crippen LogP contribution in [0.15, 0.2) is 18.2 Å². The molecule has 3 rings (SSSR count). The number of hydrogen-bond acceptors (Lipinski definition) is 4. The molecule has 1 aromatic heterocycles. The molecule has 2 aromatic rings. The van der Waals surface area contributed by atoms with Crippen molar-refractivity contribution >= 4 is 0 Å². The van der Waals surface area contributed by atoms with E-state index in [4.69, 9.17) is 5.73 Å². The van der Waals surface area contributed by atoms with Crippen molar-refractivity contribution in [1.29, 1.82) is 0 Å². The van der Waals surface area contributed by atoms with Crippen LogP contribution in [0, 0.1) is 13.8 Å². The molecule has 1 saturated carbocycles. The molecule has 1 fully saturated rings. The lowest BCUT2D eigenvalue weighted by Crippen LogP contribution is -2.41. The second-order valence-electron chi connectivity index (χ2n) is 5.87. The molecular formula is C15H21N5. The summed E-state index contributed by atoms with van der Waals surface area (Å²) in [5.41, 5.74) is 9.60. The number of rotatable bonds is 2. The van der Waals surface area contributed by atoms with E-state index in [1.54, 1.807) is 0 Å². The molecule has 0 bridgehead atoms. The Bertz CT molecular complexity index is 590. The number of aromatic nitrogens is 4. The van der Waals surface area contributed by atoms with Gasteiger partial charge in [-0.05, 0) is 48.2 Å². The fourth-order valence-electron chi connectivity index (χ4n) is 3.19. The van der Waals surface area contributed by atoms with Crippen LogP contribution in [0.2, 0.25) is 0 Å². The highest BCUT2D eigenvalue weighted by Gasteiger charge is 2.35. The van der Waals surface area contributed by atoms with Gasteiger partial charge in [0.05, 0.1) is 11.2 Å². The molecule has 1 aliphatic rings. The third-order valence-electron chi connectivity index (χ3n) is 4.31. The van der Waals surface area contributed by atoms with Crippen molar-refractivity contribution in [3.05, 3.63) is 35.2 Å². The predicted octanol–water partition coefficient (Wildman–Crippen LogP) is 2.40. The first-order valence-corrected chi connectivity index (χ1v) is 7.26. The van der Waals surface area contributed by atoms with Crippen LogP contribution in [0.5, 0.6) is 0 Å². The van der Waals surface area contributed by atoms with E-state index in [2.05, 4.69) is 47.6 Å². The molecule has 0 aliphatic heterocycles. The van der Waals surface area contributed by atoms with Crippen LogP contribution < -0.4 is 5.73 Å². The molecule has 5 nitrogen and oxygen atoms in total. The van der Waals surface area contributed by atoms with Gasteiger partial charge in [0.15, 0.2) is 5.82 Å². The maximum Gasteiger partial charge on any atom is 0.176 e. The Morgan fingerprint density at radius 2 is 1.75 bits per heavy atom. The minimum absolute atomic E-state index is 0.392. The van der Waals surface area contributed by atoms with Crippen LogP contribution in [0.3, 0.4) is 0 Å². The van der Waals surface area contributed by atoms with Gasteiger partial charge in [-0.3, -0.25) is 0 Å². The van der Waals surface area contributed by atoms with Crippen LogP contribution in [0.4, 0.5) is 0 Å². The Morgan fingerprint density at radius 1 is 1.10 bits per heavy atom. The van der Waals surface area contributed by atoms with Crippen molar-refractivity contribution in [3.8, 4) is 5.69 Å². The summed E-state index contributed by atoms with van der Waals surface area (Å²) in [6.07, 6.45) is 5.47. The first-order valence-electron chi connectivity index (χ1n) is 7.26. The zero-order valence-electron chi connectivity index (χ0n) is 12.1. The van der Waals surface area contributed by atoms with Crippen LogP contribution in [0.25, 0.3) is 5.69 Å². The van der Waals surface area contributed by atoms with Crippen molar-refractivity contribution in [2.24, 2.45) is 5.73 Å². The number of nitrogens with zero attached hydrogens (tertiary/aromatic N) is 4. The summed E-state index contributed by atoms with van der Waals surface area (Å²) in [5, 5.41) is 12.3. The van der Waals surface area contributed by atoms with E-state index < -0.39 is 5.54 Å². The van der Waals surface area contributed by atoms with Crippen LogP contribution >= 0.6 is 0 Å². The molecule has 0 atom stereocenters. The SMILES string of the molecule is Cc1cccc(C)c1-n1nnnc1C1(N)CCCCC1. The topological polar surface area (TPSA) is 69.6 Å². The van der Waals surface area contributed by atoms with Gasteiger partial charge in [0.1, 0.15) is 0 Å². The minimum Gasteiger partial charge on any atom is -0.319 e. The van der Waals surface area contributed by atoms with Crippen LogP contribution in [-0.2, 0) is 5.54 Å². The van der Waals surface area contributed by atoms with Crippen molar-refractivity contribution < 1.29 is 0 Å². The zero-order valence-corrected chi connectivity index (χ0v) is 12.1. The lowest BCUT2D eigenvalue weighted by molar-refractivity contribution is 0.282. The largest absolute Gasteiger partial charge is 0.319 e. The third kappa shape index (κ3) is 2.12. The molecule has 1 aliphatic carbocycles. The number of hydrogen-bond donors (Lipinski definition) is 1. The molecule has 106 valence electrons. The number of para-hydroxylation sites is 1. The van der Waals surface area contributed by atoms with Gasteiger partial charge in [-0.2, -0.15) is 4.68 Å². The fraction of sp³-hybridized carbons (Fsp3) is 0.533.